The third-order valence-electron chi connectivity index (χ3n) is 3.05. The molecule has 0 spiro atoms. The van der Waals surface area contributed by atoms with Gasteiger partial charge in [0.1, 0.15) is 6.10 Å². The lowest BCUT2D eigenvalue weighted by Crippen LogP contribution is -2.19. The van der Waals surface area contributed by atoms with E-state index >= 15 is 0 Å². The van der Waals surface area contributed by atoms with Crippen LogP contribution >= 0.6 is 0 Å². The fraction of sp³-hybridized carbons (Fsp3) is 0.286. The molecule has 0 amide bonds. The second-order valence-corrected chi connectivity index (χ2v) is 4.35. The molecule has 0 bridgehead atoms. The minimum Gasteiger partial charge on any atom is -0.473 e. The van der Waals surface area contributed by atoms with Gasteiger partial charge < -0.3 is 10.1 Å². The zero-order valence-corrected chi connectivity index (χ0v) is 10.0. The molecule has 1 atom stereocenters. The number of nitrogens with one attached hydrogen (secondary N) is 1. The Morgan fingerprint density at radius 2 is 2.00 bits per heavy atom. The molecule has 18 heavy (non-hydrogen) atoms. The lowest BCUT2D eigenvalue weighted by atomic mass is 10.1. The quantitative estimate of drug-likeness (QED) is 0.891. The van der Waals surface area contributed by atoms with Crippen LogP contribution in [-0.2, 0) is 0 Å². The first kappa shape index (κ1) is 11.2. The second kappa shape index (κ2) is 5.14. The molecule has 1 aliphatic rings. The van der Waals surface area contributed by atoms with Crippen LogP contribution in [-0.4, -0.2) is 29.2 Å². The highest BCUT2D eigenvalue weighted by atomic mass is 16.5. The van der Waals surface area contributed by atoms with Crippen molar-refractivity contribution in [2.75, 3.05) is 13.1 Å². The lowest BCUT2D eigenvalue weighted by Gasteiger charge is -2.11. The van der Waals surface area contributed by atoms with Gasteiger partial charge in [0.15, 0.2) is 0 Å². The van der Waals surface area contributed by atoms with Crippen molar-refractivity contribution < 1.29 is 4.74 Å². The zero-order valence-electron chi connectivity index (χ0n) is 10.0. The van der Waals surface area contributed by atoms with Gasteiger partial charge in [-0.2, -0.15) is 0 Å². The van der Waals surface area contributed by atoms with Gasteiger partial charge in [-0.3, -0.25) is 4.98 Å². The molecule has 1 fully saturated rings. The summed E-state index contributed by atoms with van der Waals surface area (Å²) in [4.78, 5) is 8.35. The molecular weight excluding hydrogens is 226 g/mol. The van der Waals surface area contributed by atoms with Crippen molar-refractivity contribution in [3.05, 3.63) is 42.9 Å². The molecular formula is C14H15N3O. The molecule has 0 aromatic carbocycles. The van der Waals surface area contributed by atoms with Crippen LogP contribution < -0.4 is 10.1 Å². The number of ether oxygens (including phenoxy) is 1. The van der Waals surface area contributed by atoms with Gasteiger partial charge >= 0.3 is 0 Å². The summed E-state index contributed by atoms with van der Waals surface area (Å²) in [6.45, 7) is 1.94. The summed E-state index contributed by atoms with van der Waals surface area (Å²) in [6.07, 6.45) is 6.71. The van der Waals surface area contributed by atoms with Gasteiger partial charge in [-0.25, -0.2) is 4.98 Å². The fourth-order valence-electron chi connectivity index (χ4n) is 2.06. The molecule has 92 valence electrons. The highest BCUT2D eigenvalue weighted by Crippen LogP contribution is 2.20. The Balaban J connectivity index is 1.72. The molecule has 0 aliphatic carbocycles. The molecule has 1 unspecified atom stereocenters. The molecule has 2 aromatic heterocycles. The first-order chi connectivity index (χ1) is 8.92. The van der Waals surface area contributed by atoms with Crippen LogP contribution in [0.25, 0.3) is 11.1 Å². The van der Waals surface area contributed by atoms with Crippen LogP contribution in [0, 0.1) is 0 Å². The third-order valence-corrected chi connectivity index (χ3v) is 3.05. The largest absolute Gasteiger partial charge is 0.473 e. The number of nitrogens with zero attached hydrogens (tertiary/aromatic N) is 2. The number of aromatic nitrogens is 2. The van der Waals surface area contributed by atoms with Crippen LogP contribution in [0.2, 0.25) is 0 Å². The summed E-state index contributed by atoms with van der Waals surface area (Å²) in [7, 11) is 0. The highest BCUT2D eigenvalue weighted by Gasteiger charge is 2.16. The lowest BCUT2D eigenvalue weighted by molar-refractivity contribution is 0.214. The Morgan fingerprint density at radius 1 is 1.11 bits per heavy atom. The number of pyridine rings is 2. The van der Waals surface area contributed by atoms with E-state index in [1.165, 1.54) is 0 Å². The molecule has 1 aliphatic heterocycles. The molecule has 1 N–H and O–H groups in total. The van der Waals surface area contributed by atoms with E-state index in [2.05, 4.69) is 15.3 Å². The van der Waals surface area contributed by atoms with Crippen molar-refractivity contribution in [2.45, 2.75) is 12.5 Å². The van der Waals surface area contributed by atoms with Gasteiger partial charge in [-0.15, -0.1) is 0 Å². The van der Waals surface area contributed by atoms with Crippen molar-refractivity contribution in [3.63, 3.8) is 0 Å². The summed E-state index contributed by atoms with van der Waals surface area (Å²) in [5, 5.41) is 3.27. The monoisotopic (exact) mass is 241 g/mol. The first-order valence-electron chi connectivity index (χ1n) is 6.16. The Morgan fingerprint density at radius 3 is 2.67 bits per heavy atom. The van der Waals surface area contributed by atoms with Gasteiger partial charge in [0.25, 0.3) is 0 Å². The summed E-state index contributed by atoms with van der Waals surface area (Å²) in [6, 6.07) is 7.89. The smallest absolute Gasteiger partial charge is 0.213 e. The van der Waals surface area contributed by atoms with Crippen molar-refractivity contribution in [3.8, 4) is 17.0 Å². The van der Waals surface area contributed by atoms with Gasteiger partial charge in [0, 0.05) is 36.8 Å². The highest BCUT2D eigenvalue weighted by molar-refractivity contribution is 5.61. The van der Waals surface area contributed by atoms with Gasteiger partial charge in [-0.05, 0) is 36.7 Å². The Kier molecular flexibility index (Phi) is 3.19. The Bertz CT molecular complexity index is 492. The van der Waals surface area contributed by atoms with Crippen LogP contribution in [0.3, 0.4) is 0 Å². The minimum atomic E-state index is 0.254. The van der Waals surface area contributed by atoms with E-state index in [1.54, 1.807) is 12.4 Å². The Labute approximate surface area is 106 Å². The summed E-state index contributed by atoms with van der Waals surface area (Å²) in [5.41, 5.74) is 2.20. The van der Waals surface area contributed by atoms with E-state index in [0.717, 1.165) is 30.6 Å². The molecule has 4 nitrogen and oxygen atoms in total. The maximum absolute atomic E-state index is 5.78. The van der Waals surface area contributed by atoms with Gasteiger partial charge in [0.2, 0.25) is 5.88 Å². The van der Waals surface area contributed by atoms with E-state index in [0.29, 0.717) is 5.88 Å². The molecule has 0 radical (unpaired) electrons. The van der Waals surface area contributed by atoms with Crippen LogP contribution in [0.15, 0.2) is 42.9 Å². The van der Waals surface area contributed by atoms with Crippen molar-refractivity contribution in [2.24, 2.45) is 0 Å². The maximum Gasteiger partial charge on any atom is 0.213 e. The van der Waals surface area contributed by atoms with Crippen LogP contribution in [0.5, 0.6) is 5.88 Å². The average Bonchev–Trinajstić information content (AvgIpc) is 2.94. The standard InChI is InChI=1S/C14H15N3O/c1-2-14(18-13-5-8-16-10-13)17-9-12(1)11-3-6-15-7-4-11/h1-4,6-7,9,13,16H,5,8,10H2. The van der Waals surface area contributed by atoms with E-state index in [9.17, 15) is 0 Å². The molecule has 4 heteroatoms. The van der Waals surface area contributed by atoms with Crippen molar-refractivity contribution in [1.29, 1.82) is 0 Å². The molecule has 3 heterocycles. The van der Waals surface area contributed by atoms with E-state index in [-0.39, 0.29) is 6.10 Å². The average molecular weight is 241 g/mol. The summed E-state index contributed by atoms with van der Waals surface area (Å²) in [5.74, 6) is 0.696. The molecule has 1 saturated heterocycles. The summed E-state index contributed by atoms with van der Waals surface area (Å²) >= 11 is 0. The van der Waals surface area contributed by atoms with Crippen LogP contribution in [0.4, 0.5) is 0 Å². The number of hydrogen-bond acceptors (Lipinski definition) is 4. The number of rotatable bonds is 3. The topological polar surface area (TPSA) is 47.0 Å². The zero-order chi connectivity index (χ0) is 12.2. The molecule has 3 rings (SSSR count). The normalized spacial score (nSPS) is 18.8. The van der Waals surface area contributed by atoms with Crippen LogP contribution in [0.1, 0.15) is 6.42 Å². The minimum absolute atomic E-state index is 0.254. The molecule has 0 saturated carbocycles. The first-order valence-corrected chi connectivity index (χ1v) is 6.16. The predicted molar refractivity (Wildman–Crippen MR) is 69.4 cm³/mol. The van der Waals surface area contributed by atoms with Gasteiger partial charge in [0.05, 0.1) is 0 Å². The van der Waals surface area contributed by atoms with E-state index < -0.39 is 0 Å². The fourth-order valence-corrected chi connectivity index (χ4v) is 2.06. The van der Waals surface area contributed by atoms with E-state index in [4.69, 9.17) is 4.74 Å². The number of hydrogen-bond donors (Lipinski definition) is 1. The maximum atomic E-state index is 5.78. The second-order valence-electron chi connectivity index (χ2n) is 4.35. The van der Waals surface area contributed by atoms with Crippen molar-refractivity contribution >= 4 is 0 Å². The van der Waals surface area contributed by atoms with Crippen molar-refractivity contribution in [1.82, 2.24) is 15.3 Å². The summed E-state index contributed by atoms with van der Waals surface area (Å²) < 4.78 is 5.78. The predicted octanol–water partition coefficient (Wildman–Crippen LogP) is 1.88. The third kappa shape index (κ3) is 2.49. The van der Waals surface area contributed by atoms with E-state index in [1.807, 2.05) is 30.5 Å². The van der Waals surface area contributed by atoms with Gasteiger partial charge in [-0.1, -0.05) is 0 Å². The molecule has 2 aromatic rings. The SMILES string of the molecule is c1cc(-c2ccc(OC3CCNC3)nc2)ccn1. The Hall–Kier alpha value is -1.94.